The number of nitrogens with zero attached hydrogens (tertiary/aromatic N) is 2. The molecule has 0 aliphatic carbocycles. The van der Waals surface area contributed by atoms with Crippen molar-refractivity contribution in [3.63, 3.8) is 0 Å². The minimum absolute atomic E-state index is 0. The van der Waals surface area contributed by atoms with E-state index < -0.39 is 0 Å². The van der Waals surface area contributed by atoms with Crippen molar-refractivity contribution in [1.29, 1.82) is 0 Å². The molecule has 5 heteroatoms. The molecule has 1 aliphatic rings. The molecule has 1 atom stereocenters. The summed E-state index contributed by atoms with van der Waals surface area (Å²) in [5.41, 5.74) is 5.50. The van der Waals surface area contributed by atoms with E-state index in [1.165, 1.54) is 0 Å². The van der Waals surface area contributed by atoms with Crippen LogP contribution in [0.4, 0.5) is 0 Å². The summed E-state index contributed by atoms with van der Waals surface area (Å²) in [6, 6.07) is -0.353. The van der Waals surface area contributed by atoms with Crippen LogP contribution in [0.3, 0.4) is 0 Å². The van der Waals surface area contributed by atoms with Gasteiger partial charge in [0.2, 0.25) is 5.91 Å². The van der Waals surface area contributed by atoms with Crippen LogP contribution in [-0.4, -0.2) is 55.0 Å². The van der Waals surface area contributed by atoms with Crippen molar-refractivity contribution in [3.05, 3.63) is 0 Å². The van der Waals surface area contributed by atoms with Crippen molar-refractivity contribution in [2.75, 3.05) is 33.2 Å². The fourth-order valence-corrected chi connectivity index (χ4v) is 1.31. The number of rotatable bonds is 1. The molecule has 0 aromatic heterocycles. The molecule has 2 N–H and O–H groups in total. The second-order valence-electron chi connectivity index (χ2n) is 3.42. The first kappa shape index (κ1) is 12.7. The molecule has 0 saturated carbocycles. The van der Waals surface area contributed by atoms with Crippen LogP contribution < -0.4 is 5.73 Å². The molecule has 0 aromatic carbocycles. The number of nitrogens with two attached hydrogens (primary N) is 1. The summed E-state index contributed by atoms with van der Waals surface area (Å²) < 4.78 is 0. The number of carbonyl (C=O) groups excluding carboxylic acids is 1. The summed E-state index contributed by atoms with van der Waals surface area (Å²) in [7, 11) is 2.06. The van der Waals surface area contributed by atoms with E-state index in [1.807, 2.05) is 4.90 Å². The average molecular weight is 208 g/mol. The lowest BCUT2D eigenvalue weighted by atomic mass is 10.2. The molecule has 0 radical (unpaired) electrons. The molecule has 1 heterocycles. The van der Waals surface area contributed by atoms with E-state index in [0.29, 0.717) is 0 Å². The first-order valence-corrected chi connectivity index (χ1v) is 4.34. The van der Waals surface area contributed by atoms with Crippen molar-refractivity contribution in [1.82, 2.24) is 9.80 Å². The summed E-state index contributed by atoms with van der Waals surface area (Å²) in [6.07, 6.45) is 0. The number of carbonyl (C=O) groups is 1. The lowest BCUT2D eigenvalue weighted by molar-refractivity contribution is -0.133. The molecule has 13 heavy (non-hydrogen) atoms. The highest BCUT2D eigenvalue weighted by Gasteiger charge is 2.20. The van der Waals surface area contributed by atoms with Crippen LogP contribution in [-0.2, 0) is 4.79 Å². The lowest BCUT2D eigenvalue weighted by Gasteiger charge is -2.33. The van der Waals surface area contributed by atoms with Crippen LogP contribution in [0.25, 0.3) is 0 Å². The first-order valence-electron chi connectivity index (χ1n) is 4.34. The van der Waals surface area contributed by atoms with Crippen molar-refractivity contribution in [2.45, 2.75) is 13.0 Å². The van der Waals surface area contributed by atoms with E-state index in [1.54, 1.807) is 6.92 Å². The van der Waals surface area contributed by atoms with Crippen molar-refractivity contribution in [3.8, 4) is 0 Å². The van der Waals surface area contributed by atoms with E-state index in [4.69, 9.17) is 5.73 Å². The third-order valence-electron chi connectivity index (χ3n) is 2.20. The molecule has 1 saturated heterocycles. The maximum absolute atomic E-state index is 11.4. The van der Waals surface area contributed by atoms with Gasteiger partial charge in [0.25, 0.3) is 0 Å². The van der Waals surface area contributed by atoms with Crippen LogP contribution in [0, 0.1) is 0 Å². The number of halogens is 1. The fraction of sp³-hybridized carbons (Fsp3) is 0.875. The Balaban J connectivity index is 0.00000144. The Bertz CT molecular complexity index is 167. The molecule has 0 spiro atoms. The SMILES string of the molecule is C[C@@H](N)C(=O)N1CCN(C)CC1.Cl. The minimum Gasteiger partial charge on any atom is -0.339 e. The van der Waals surface area contributed by atoms with Crippen molar-refractivity contribution in [2.24, 2.45) is 5.73 Å². The Morgan fingerprint density at radius 3 is 2.15 bits per heavy atom. The second kappa shape index (κ2) is 5.42. The van der Waals surface area contributed by atoms with Gasteiger partial charge in [-0.3, -0.25) is 4.79 Å². The number of piperazine rings is 1. The number of hydrogen-bond acceptors (Lipinski definition) is 3. The highest BCUT2D eigenvalue weighted by Crippen LogP contribution is 2.00. The Kier molecular flexibility index (Phi) is 5.29. The van der Waals surface area contributed by atoms with Gasteiger partial charge >= 0.3 is 0 Å². The zero-order chi connectivity index (χ0) is 9.14. The minimum atomic E-state index is -0.353. The zero-order valence-corrected chi connectivity index (χ0v) is 9.01. The Morgan fingerprint density at radius 2 is 1.77 bits per heavy atom. The summed E-state index contributed by atoms with van der Waals surface area (Å²) in [5.74, 6) is 0.0723. The molecular weight excluding hydrogens is 190 g/mol. The van der Waals surface area contributed by atoms with Crippen LogP contribution in [0.15, 0.2) is 0 Å². The van der Waals surface area contributed by atoms with Gasteiger partial charge in [0.15, 0.2) is 0 Å². The van der Waals surface area contributed by atoms with Gasteiger partial charge in [-0.1, -0.05) is 0 Å². The van der Waals surface area contributed by atoms with Gasteiger partial charge in [0, 0.05) is 26.2 Å². The summed E-state index contributed by atoms with van der Waals surface area (Å²) in [4.78, 5) is 15.4. The van der Waals surface area contributed by atoms with Crippen molar-refractivity contribution >= 4 is 18.3 Å². The first-order chi connectivity index (χ1) is 5.61. The molecule has 1 rings (SSSR count). The van der Waals surface area contributed by atoms with Gasteiger partial charge in [-0.2, -0.15) is 0 Å². The highest BCUT2D eigenvalue weighted by atomic mass is 35.5. The predicted octanol–water partition coefficient (Wildman–Crippen LogP) is -0.471. The van der Waals surface area contributed by atoms with Crippen LogP contribution >= 0.6 is 12.4 Å². The van der Waals surface area contributed by atoms with Gasteiger partial charge < -0.3 is 15.5 Å². The summed E-state index contributed by atoms with van der Waals surface area (Å²) >= 11 is 0. The fourth-order valence-electron chi connectivity index (χ4n) is 1.31. The zero-order valence-electron chi connectivity index (χ0n) is 8.19. The summed E-state index contributed by atoms with van der Waals surface area (Å²) in [6.45, 7) is 5.28. The third kappa shape index (κ3) is 3.50. The molecular formula is C8H18ClN3O. The van der Waals surface area contributed by atoms with E-state index in [9.17, 15) is 4.79 Å². The normalized spacial score (nSPS) is 20.7. The monoisotopic (exact) mass is 207 g/mol. The van der Waals surface area contributed by atoms with Crippen molar-refractivity contribution < 1.29 is 4.79 Å². The van der Waals surface area contributed by atoms with E-state index in [-0.39, 0.29) is 24.4 Å². The van der Waals surface area contributed by atoms with Gasteiger partial charge in [0.1, 0.15) is 0 Å². The number of hydrogen-bond donors (Lipinski definition) is 1. The number of amides is 1. The molecule has 1 amide bonds. The van der Waals surface area contributed by atoms with Gasteiger partial charge in [0.05, 0.1) is 6.04 Å². The molecule has 1 aliphatic heterocycles. The average Bonchev–Trinajstić information content (AvgIpc) is 2.04. The molecule has 0 unspecified atom stereocenters. The quantitative estimate of drug-likeness (QED) is 0.633. The van der Waals surface area contributed by atoms with Crippen LogP contribution in [0.1, 0.15) is 6.92 Å². The smallest absolute Gasteiger partial charge is 0.239 e. The summed E-state index contributed by atoms with van der Waals surface area (Å²) in [5, 5.41) is 0. The van der Waals surface area contributed by atoms with E-state index >= 15 is 0 Å². The second-order valence-corrected chi connectivity index (χ2v) is 3.42. The molecule has 4 nitrogen and oxygen atoms in total. The Morgan fingerprint density at radius 1 is 1.31 bits per heavy atom. The van der Waals surface area contributed by atoms with E-state index in [0.717, 1.165) is 26.2 Å². The Labute approximate surface area is 85.5 Å². The third-order valence-corrected chi connectivity index (χ3v) is 2.20. The molecule has 1 fully saturated rings. The van der Waals surface area contributed by atoms with Gasteiger partial charge in [-0.25, -0.2) is 0 Å². The Hall–Kier alpha value is -0.320. The van der Waals surface area contributed by atoms with Gasteiger partial charge in [-0.05, 0) is 14.0 Å². The molecule has 78 valence electrons. The lowest BCUT2D eigenvalue weighted by Crippen LogP contribution is -2.51. The molecule has 0 bridgehead atoms. The van der Waals surface area contributed by atoms with E-state index in [2.05, 4.69) is 11.9 Å². The maximum atomic E-state index is 11.4. The largest absolute Gasteiger partial charge is 0.339 e. The van der Waals surface area contributed by atoms with Crippen LogP contribution in [0.2, 0.25) is 0 Å². The van der Waals surface area contributed by atoms with Gasteiger partial charge in [-0.15, -0.1) is 12.4 Å². The highest BCUT2D eigenvalue weighted by molar-refractivity contribution is 5.85. The topological polar surface area (TPSA) is 49.6 Å². The number of likely N-dealkylation sites (N-methyl/N-ethyl adjacent to an activating group) is 1. The predicted molar refractivity (Wildman–Crippen MR) is 55.0 cm³/mol. The maximum Gasteiger partial charge on any atom is 0.239 e. The molecule has 0 aromatic rings. The van der Waals surface area contributed by atoms with Crippen LogP contribution in [0.5, 0.6) is 0 Å². The standard InChI is InChI=1S/C8H17N3O.ClH/c1-7(9)8(12)11-5-3-10(2)4-6-11;/h7H,3-6,9H2,1-2H3;1H/t7-;/m1./s1.